The number of aromatic nitrogens is 1. The zero-order valence-corrected chi connectivity index (χ0v) is 17.9. The Hall–Kier alpha value is -2.41. The van der Waals surface area contributed by atoms with Gasteiger partial charge in [0, 0.05) is 37.9 Å². The number of hydrogen-bond donors (Lipinski definition) is 1. The number of nitrogens with two attached hydrogens (primary N) is 1. The molecule has 0 bridgehead atoms. The fraction of sp³-hybridized carbons (Fsp3) is 0.273. The Bertz CT molecular complexity index is 968. The predicted molar refractivity (Wildman–Crippen MR) is 118 cm³/mol. The summed E-state index contributed by atoms with van der Waals surface area (Å²) in [5.41, 5.74) is 7.79. The highest BCUT2D eigenvalue weighted by atomic mass is 35.5. The number of nitrogens with zero attached hydrogens (tertiary/aromatic N) is 2. The first-order chi connectivity index (χ1) is 13.6. The zero-order valence-electron chi connectivity index (χ0n) is 16.2. The molecule has 0 radical (unpaired) electrons. The van der Waals surface area contributed by atoms with Gasteiger partial charge in [-0.25, -0.2) is 9.37 Å². The monoisotopic (exact) mass is 451 g/mol. The van der Waals surface area contributed by atoms with Crippen LogP contribution in [-0.4, -0.2) is 34.9 Å². The zero-order chi connectivity index (χ0) is 19.5. The van der Waals surface area contributed by atoms with Crippen molar-refractivity contribution in [2.24, 2.45) is 5.73 Å². The van der Waals surface area contributed by atoms with E-state index in [0.717, 1.165) is 5.56 Å². The third-order valence-electron chi connectivity index (χ3n) is 5.19. The highest BCUT2D eigenvalue weighted by Crippen LogP contribution is 2.27. The molecule has 8 heteroatoms. The second kappa shape index (κ2) is 10.6. The number of amides is 1. The number of carbonyl (C=O) groups excluding carboxylic acids is 1. The molecule has 0 unspecified atom stereocenters. The Labute approximate surface area is 187 Å². The lowest BCUT2D eigenvalue weighted by molar-refractivity contribution is -0.130. The van der Waals surface area contributed by atoms with E-state index in [1.54, 1.807) is 18.2 Å². The van der Waals surface area contributed by atoms with E-state index < -0.39 is 0 Å². The summed E-state index contributed by atoms with van der Waals surface area (Å²) < 4.78 is 19.5. The molecule has 1 saturated heterocycles. The molecule has 1 amide bonds. The van der Waals surface area contributed by atoms with Crippen LogP contribution in [0.15, 0.2) is 65.2 Å². The maximum absolute atomic E-state index is 13.9. The van der Waals surface area contributed by atoms with Crippen molar-refractivity contribution in [2.45, 2.75) is 24.8 Å². The van der Waals surface area contributed by atoms with Gasteiger partial charge >= 0.3 is 0 Å². The highest BCUT2D eigenvalue weighted by Gasteiger charge is 2.33. The number of benzene rings is 2. The Morgan fingerprint density at radius 3 is 2.53 bits per heavy atom. The molecule has 1 aliphatic rings. The molecule has 0 saturated carbocycles. The van der Waals surface area contributed by atoms with Gasteiger partial charge in [0.2, 0.25) is 5.91 Å². The summed E-state index contributed by atoms with van der Waals surface area (Å²) in [5, 5.41) is 0. The number of carbonyl (C=O) groups is 1. The quantitative estimate of drug-likeness (QED) is 0.630. The van der Waals surface area contributed by atoms with Crippen LogP contribution in [0, 0.1) is 5.82 Å². The molecule has 0 aliphatic carbocycles. The predicted octanol–water partition coefficient (Wildman–Crippen LogP) is 4.21. The summed E-state index contributed by atoms with van der Waals surface area (Å²) in [7, 11) is 0. The van der Waals surface area contributed by atoms with Crippen molar-refractivity contribution in [2.75, 3.05) is 13.1 Å². The Balaban J connectivity index is 0.00000160. The fourth-order valence-corrected chi connectivity index (χ4v) is 3.67. The van der Waals surface area contributed by atoms with E-state index in [-0.39, 0.29) is 54.9 Å². The summed E-state index contributed by atoms with van der Waals surface area (Å²) in [4.78, 5) is 18.6. The van der Waals surface area contributed by atoms with Gasteiger partial charge in [-0.15, -0.1) is 24.8 Å². The van der Waals surface area contributed by atoms with Crippen LogP contribution < -0.4 is 5.73 Å². The molecule has 160 valence electrons. The van der Waals surface area contributed by atoms with Crippen molar-refractivity contribution >= 4 is 30.7 Å². The molecule has 2 aromatic carbocycles. The third-order valence-corrected chi connectivity index (χ3v) is 5.19. The summed E-state index contributed by atoms with van der Waals surface area (Å²) in [6.07, 6.45) is 2.15. The lowest BCUT2D eigenvalue weighted by atomic mass is 9.95. The van der Waals surface area contributed by atoms with Crippen LogP contribution in [-0.2, 0) is 11.2 Å². The van der Waals surface area contributed by atoms with Crippen molar-refractivity contribution < 1.29 is 13.6 Å². The van der Waals surface area contributed by atoms with Gasteiger partial charge < -0.3 is 15.1 Å². The van der Waals surface area contributed by atoms with E-state index in [4.69, 9.17) is 10.2 Å². The fourth-order valence-electron chi connectivity index (χ4n) is 3.67. The van der Waals surface area contributed by atoms with E-state index in [9.17, 15) is 9.18 Å². The minimum absolute atomic E-state index is 0. The normalized spacial score (nSPS) is 17.9. The van der Waals surface area contributed by atoms with E-state index in [0.29, 0.717) is 36.7 Å². The van der Waals surface area contributed by atoms with Crippen molar-refractivity contribution in [1.29, 1.82) is 0 Å². The van der Waals surface area contributed by atoms with Gasteiger partial charge in [-0.1, -0.05) is 42.5 Å². The molecule has 1 aliphatic heterocycles. The summed E-state index contributed by atoms with van der Waals surface area (Å²) in [6, 6.07) is 16.4. The average Bonchev–Trinajstić information content (AvgIpc) is 3.34. The summed E-state index contributed by atoms with van der Waals surface area (Å²) in [6.45, 7) is 1.17. The molecule has 0 spiro atoms. The molecule has 1 aromatic heterocycles. The smallest absolute Gasteiger partial charge is 0.223 e. The van der Waals surface area contributed by atoms with Gasteiger partial charge in [-0.2, -0.15) is 0 Å². The first-order valence-corrected chi connectivity index (χ1v) is 9.39. The van der Waals surface area contributed by atoms with Gasteiger partial charge in [0.1, 0.15) is 5.82 Å². The Kier molecular flexibility index (Phi) is 8.41. The van der Waals surface area contributed by atoms with Gasteiger partial charge in [-0.3, -0.25) is 4.79 Å². The molecular weight excluding hydrogens is 428 g/mol. The number of likely N-dealkylation sites (tertiary alicyclic amines) is 1. The van der Waals surface area contributed by atoms with Crippen LogP contribution in [0.4, 0.5) is 4.39 Å². The van der Waals surface area contributed by atoms with Crippen LogP contribution in [0.5, 0.6) is 0 Å². The van der Waals surface area contributed by atoms with Gasteiger partial charge in [0.25, 0.3) is 0 Å². The van der Waals surface area contributed by atoms with Crippen LogP contribution in [0.1, 0.15) is 23.8 Å². The van der Waals surface area contributed by atoms with Crippen LogP contribution in [0.25, 0.3) is 11.3 Å². The molecule has 2 heterocycles. The first kappa shape index (κ1) is 23.9. The topological polar surface area (TPSA) is 72.4 Å². The molecule has 1 fully saturated rings. The second-order valence-electron chi connectivity index (χ2n) is 7.08. The lowest BCUT2D eigenvalue weighted by Gasteiger charge is -2.16. The molecule has 30 heavy (non-hydrogen) atoms. The third kappa shape index (κ3) is 5.19. The maximum atomic E-state index is 13.9. The van der Waals surface area contributed by atoms with Crippen LogP contribution in [0.3, 0.4) is 0 Å². The summed E-state index contributed by atoms with van der Waals surface area (Å²) >= 11 is 0. The van der Waals surface area contributed by atoms with Gasteiger partial charge in [0.15, 0.2) is 11.7 Å². The van der Waals surface area contributed by atoms with E-state index >= 15 is 0 Å². The van der Waals surface area contributed by atoms with Crippen molar-refractivity contribution in [3.63, 3.8) is 0 Å². The number of hydrogen-bond acceptors (Lipinski definition) is 4. The molecule has 3 aromatic rings. The maximum Gasteiger partial charge on any atom is 0.223 e. The Morgan fingerprint density at radius 2 is 1.80 bits per heavy atom. The standard InChI is InChI=1S/C22H22FN3O2.2ClH/c23-18-9-5-4-8-16(18)20-12-25-21(28-20)10-11-22(27)26-13-17(19(24)14-26)15-6-2-1-3-7-15;;/h1-9,12,17,19H,10-11,13-14,24H2;2*1H/t17-,19+;;/m0../s1. The molecule has 2 atom stereocenters. The van der Waals surface area contributed by atoms with Crippen molar-refractivity contribution in [1.82, 2.24) is 9.88 Å². The molecule has 5 nitrogen and oxygen atoms in total. The van der Waals surface area contributed by atoms with E-state index in [1.807, 2.05) is 23.1 Å². The number of rotatable bonds is 5. The highest BCUT2D eigenvalue weighted by molar-refractivity contribution is 5.85. The van der Waals surface area contributed by atoms with E-state index in [1.165, 1.54) is 12.3 Å². The van der Waals surface area contributed by atoms with Crippen molar-refractivity contribution in [3.8, 4) is 11.3 Å². The largest absolute Gasteiger partial charge is 0.441 e. The number of oxazole rings is 1. The second-order valence-corrected chi connectivity index (χ2v) is 7.08. The number of aryl methyl sites for hydroxylation is 1. The lowest BCUT2D eigenvalue weighted by Crippen LogP contribution is -2.32. The average molecular weight is 452 g/mol. The van der Waals surface area contributed by atoms with Crippen LogP contribution in [0.2, 0.25) is 0 Å². The first-order valence-electron chi connectivity index (χ1n) is 9.39. The van der Waals surface area contributed by atoms with Gasteiger partial charge in [-0.05, 0) is 17.7 Å². The molecular formula is C22H24Cl2FN3O2. The number of halogens is 3. The minimum Gasteiger partial charge on any atom is -0.441 e. The van der Waals surface area contributed by atoms with E-state index in [2.05, 4.69) is 17.1 Å². The van der Waals surface area contributed by atoms with Gasteiger partial charge in [0.05, 0.1) is 11.8 Å². The van der Waals surface area contributed by atoms with Crippen LogP contribution >= 0.6 is 24.8 Å². The summed E-state index contributed by atoms with van der Waals surface area (Å²) in [5.74, 6) is 0.612. The minimum atomic E-state index is -0.362. The Morgan fingerprint density at radius 1 is 1.10 bits per heavy atom. The molecule has 4 rings (SSSR count). The molecule has 2 N–H and O–H groups in total. The van der Waals surface area contributed by atoms with Crippen molar-refractivity contribution in [3.05, 3.63) is 78.1 Å². The SMILES string of the molecule is Cl.Cl.N[C@@H]1CN(C(=O)CCc2ncc(-c3ccccc3F)o2)C[C@H]1c1ccccc1.